The number of hydrogen-bond acceptors (Lipinski definition) is 4. The molecule has 0 atom stereocenters. The van der Waals surface area contributed by atoms with Crippen LogP contribution in [0.3, 0.4) is 0 Å². The summed E-state index contributed by atoms with van der Waals surface area (Å²) in [6, 6.07) is 17.1. The Morgan fingerprint density at radius 2 is 1.83 bits per heavy atom. The molecular weight excluding hydrogens is 388 g/mol. The summed E-state index contributed by atoms with van der Waals surface area (Å²) in [5.74, 6) is 1.62. The number of anilines is 1. The maximum atomic E-state index is 12.5. The SMILES string of the molecule is COc1ccc(C(=O)NC2CCN(c3cc(-c4ccc(Cl)cc4)[nH]n3)CC2)cc1. The smallest absolute Gasteiger partial charge is 0.251 e. The van der Waals surface area contributed by atoms with Crippen LogP contribution in [0.15, 0.2) is 54.6 Å². The van der Waals surface area contributed by atoms with Crippen LogP contribution in [0.4, 0.5) is 5.82 Å². The molecule has 2 heterocycles. The van der Waals surface area contributed by atoms with Crippen molar-refractivity contribution in [1.29, 1.82) is 0 Å². The van der Waals surface area contributed by atoms with Gasteiger partial charge in [0.2, 0.25) is 0 Å². The van der Waals surface area contributed by atoms with Crippen LogP contribution in [-0.4, -0.2) is 42.3 Å². The molecule has 1 aromatic heterocycles. The Labute approximate surface area is 174 Å². The zero-order valence-electron chi connectivity index (χ0n) is 16.2. The number of carbonyl (C=O) groups is 1. The van der Waals surface area contributed by atoms with E-state index in [1.807, 2.05) is 24.3 Å². The van der Waals surface area contributed by atoms with Gasteiger partial charge >= 0.3 is 0 Å². The van der Waals surface area contributed by atoms with E-state index in [9.17, 15) is 4.79 Å². The highest BCUT2D eigenvalue weighted by atomic mass is 35.5. The van der Waals surface area contributed by atoms with E-state index in [1.165, 1.54) is 0 Å². The summed E-state index contributed by atoms with van der Waals surface area (Å²) in [7, 11) is 1.61. The maximum Gasteiger partial charge on any atom is 0.251 e. The van der Waals surface area contributed by atoms with E-state index in [1.54, 1.807) is 31.4 Å². The lowest BCUT2D eigenvalue weighted by Gasteiger charge is -2.32. The lowest BCUT2D eigenvalue weighted by atomic mass is 10.0. The minimum absolute atomic E-state index is 0.0455. The van der Waals surface area contributed by atoms with Crippen molar-refractivity contribution < 1.29 is 9.53 Å². The molecule has 2 aromatic carbocycles. The first-order valence-electron chi connectivity index (χ1n) is 9.63. The fourth-order valence-corrected chi connectivity index (χ4v) is 3.64. The Morgan fingerprint density at radius 1 is 1.14 bits per heavy atom. The van der Waals surface area contributed by atoms with Crippen molar-refractivity contribution in [2.45, 2.75) is 18.9 Å². The maximum absolute atomic E-state index is 12.5. The molecule has 4 rings (SSSR count). The molecule has 1 saturated heterocycles. The van der Waals surface area contributed by atoms with E-state index < -0.39 is 0 Å². The molecule has 3 aromatic rings. The normalized spacial score (nSPS) is 14.6. The van der Waals surface area contributed by atoms with Crippen LogP contribution in [0.1, 0.15) is 23.2 Å². The topological polar surface area (TPSA) is 70.2 Å². The quantitative estimate of drug-likeness (QED) is 0.663. The van der Waals surface area contributed by atoms with Crippen LogP contribution in [0.5, 0.6) is 5.75 Å². The Hall–Kier alpha value is -2.99. The van der Waals surface area contributed by atoms with Crippen molar-refractivity contribution in [3.8, 4) is 17.0 Å². The number of aromatic nitrogens is 2. The minimum atomic E-state index is -0.0455. The first kappa shape index (κ1) is 19.3. The lowest BCUT2D eigenvalue weighted by Crippen LogP contribution is -2.44. The number of nitrogens with zero attached hydrogens (tertiary/aromatic N) is 2. The van der Waals surface area contributed by atoms with Gasteiger partial charge in [0.1, 0.15) is 5.75 Å². The zero-order chi connectivity index (χ0) is 20.2. The van der Waals surface area contributed by atoms with Crippen molar-refractivity contribution >= 4 is 23.3 Å². The molecule has 2 N–H and O–H groups in total. The van der Waals surface area contributed by atoms with Gasteiger partial charge in [-0.3, -0.25) is 9.89 Å². The number of rotatable bonds is 5. The predicted molar refractivity (Wildman–Crippen MR) is 115 cm³/mol. The monoisotopic (exact) mass is 410 g/mol. The number of carbonyl (C=O) groups excluding carboxylic acids is 1. The second kappa shape index (κ2) is 8.57. The lowest BCUT2D eigenvalue weighted by molar-refractivity contribution is 0.0931. The summed E-state index contributed by atoms with van der Waals surface area (Å²) in [5, 5.41) is 11.4. The highest BCUT2D eigenvalue weighted by Crippen LogP contribution is 2.25. The zero-order valence-corrected chi connectivity index (χ0v) is 16.9. The molecule has 1 amide bonds. The number of H-pyrrole nitrogens is 1. The molecule has 0 radical (unpaired) electrons. The van der Waals surface area contributed by atoms with Gasteiger partial charge < -0.3 is 15.0 Å². The van der Waals surface area contributed by atoms with Gasteiger partial charge in [-0.1, -0.05) is 23.7 Å². The summed E-state index contributed by atoms with van der Waals surface area (Å²) in [6.07, 6.45) is 1.76. The Bertz CT molecular complexity index is 961. The van der Waals surface area contributed by atoms with Crippen LogP contribution >= 0.6 is 11.6 Å². The van der Waals surface area contributed by atoms with Gasteiger partial charge in [0.25, 0.3) is 5.91 Å². The van der Waals surface area contributed by atoms with Gasteiger partial charge in [-0.05, 0) is 54.8 Å². The average Bonchev–Trinajstić information content (AvgIpc) is 3.25. The molecule has 0 saturated carbocycles. The highest BCUT2D eigenvalue weighted by molar-refractivity contribution is 6.30. The molecule has 0 aliphatic carbocycles. The van der Waals surface area contributed by atoms with Crippen LogP contribution < -0.4 is 15.0 Å². The molecular formula is C22H23ClN4O2. The third-order valence-corrected chi connectivity index (χ3v) is 5.48. The van der Waals surface area contributed by atoms with E-state index in [-0.39, 0.29) is 11.9 Å². The minimum Gasteiger partial charge on any atom is -0.497 e. The fraction of sp³-hybridized carbons (Fsp3) is 0.273. The van der Waals surface area contributed by atoms with Crippen molar-refractivity contribution in [2.75, 3.05) is 25.1 Å². The number of amides is 1. The highest BCUT2D eigenvalue weighted by Gasteiger charge is 2.23. The first-order valence-corrected chi connectivity index (χ1v) is 10.0. The average molecular weight is 411 g/mol. The van der Waals surface area contributed by atoms with Gasteiger partial charge in [-0.2, -0.15) is 5.10 Å². The van der Waals surface area contributed by atoms with E-state index in [0.29, 0.717) is 10.6 Å². The molecule has 0 bridgehead atoms. The second-order valence-corrected chi connectivity index (χ2v) is 7.55. The van der Waals surface area contributed by atoms with E-state index in [0.717, 1.165) is 48.8 Å². The molecule has 29 heavy (non-hydrogen) atoms. The summed E-state index contributed by atoms with van der Waals surface area (Å²) >= 11 is 5.96. The number of aromatic amines is 1. The molecule has 1 aliphatic heterocycles. The van der Waals surface area contributed by atoms with E-state index in [4.69, 9.17) is 16.3 Å². The van der Waals surface area contributed by atoms with Gasteiger partial charge in [-0.25, -0.2) is 0 Å². The second-order valence-electron chi connectivity index (χ2n) is 7.11. The van der Waals surface area contributed by atoms with Crippen molar-refractivity contribution in [2.24, 2.45) is 0 Å². The summed E-state index contributed by atoms with van der Waals surface area (Å²) < 4.78 is 5.14. The van der Waals surface area contributed by atoms with Crippen LogP contribution in [0, 0.1) is 0 Å². The number of methoxy groups -OCH3 is 1. The Balaban J connectivity index is 1.32. The van der Waals surface area contributed by atoms with Crippen LogP contribution in [0.2, 0.25) is 5.02 Å². The van der Waals surface area contributed by atoms with Gasteiger partial charge in [0.15, 0.2) is 5.82 Å². The third-order valence-electron chi connectivity index (χ3n) is 5.23. The van der Waals surface area contributed by atoms with Gasteiger partial charge in [0, 0.05) is 35.8 Å². The number of ether oxygens (including phenoxy) is 1. The summed E-state index contributed by atoms with van der Waals surface area (Å²) in [5.41, 5.74) is 2.66. The first-order chi connectivity index (χ1) is 14.1. The van der Waals surface area contributed by atoms with Crippen LogP contribution in [0.25, 0.3) is 11.3 Å². The predicted octanol–water partition coefficient (Wildman–Crippen LogP) is 4.14. The molecule has 0 unspecified atom stereocenters. The number of hydrogen-bond donors (Lipinski definition) is 2. The third kappa shape index (κ3) is 4.54. The van der Waals surface area contributed by atoms with Crippen molar-refractivity contribution in [3.05, 3.63) is 65.2 Å². The Morgan fingerprint density at radius 3 is 2.48 bits per heavy atom. The van der Waals surface area contributed by atoms with E-state index >= 15 is 0 Å². The Kier molecular flexibility index (Phi) is 5.71. The molecule has 6 nitrogen and oxygen atoms in total. The number of halogens is 1. The van der Waals surface area contributed by atoms with Crippen molar-refractivity contribution in [3.63, 3.8) is 0 Å². The number of piperidine rings is 1. The fourth-order valence-electron chi connectivity index (χ4n) is 3.51. The molecule has 7 heteroatoms. The number of nitrogens with one attached hydrogen (secondary N) is 2. The van der Waals surface area contributed by atoms with Gasteiger partial charge in [-0.15, -0.1) is 0 Å². The molecule has 1 aliphatic rings. The molecule has 0 spiro atoms. The van der Waals surface area contributed by atoms with E-state index in [2.05, 4.69) is 26.5 Å². The molecule has 1 fully saturated rings. The largest absolute Gasteiger partial charge is 0.497 e. The standard InChI is InChI=1S/C22H23ClN4O2/c1-29-19-8-4-16(5-9-19)22(28)24-18-10-12-27(13-11-18)21-14-20(25-26-21)15-2-6-17(23)7-3-15/h2-9,14,18H,10-13H2,1H3,(H,24,28)(H,25,26). The van der Waals surface area contributed by atoms with Crippen molar-refractivity contribution in [1.82, 2.24) is 15.5 Å². The van der Waals surface area contributed by atoms with Crippen LogP contribution in [-0.2, 0) is 0 Å². The summed E-state index contributed by atoms with van der Waals surface area (Å²) in [6.45, 7) is 1.69. The molecule has 150 valence electrons. The summed E-state index contributed by atoms with van der Waals surface area (Å²) in [4.78, 5) is 14.7. The number of benzene rings is 2. The van der Waals surface area contributed by atoms with Gasteiger partial charge in [0.05, 0.1) is 12.8 Å².